The van der Waals surface area contributed by atoms with Crippen LogP contribution in [0.2, 0.25) is 5.02 Å². The first kappa shape index (κ1) is 23.3. The van der Waals surface area contributed by atoms with Crippen molar-refractivity contribution in [2.45, 2.75) is 34.1 Å². The van der Waals surface area contributed by atoms with E-state index in [1.807, 2.05) is 44.5 Å². The third kappa shape index (κ3) is 6.11. The summed E-state index contributed by atoms with van der Waals surface area (Å²) in [6.07, 6.45) is -0.345. The van der Waals surface area contributed by atoms with Crippen LogP contribution in [0.4, 0.5) is 16.2 Å². The predicted octanol–water partition coefficient (Wildman–Crippen LogP) is 5.53. The Labute approximate surface area is 192 Å². The lowest BCUT2D eigenvalue weighted by Gasteiger charge is -2.11. The molecule has 32 heavy (non-hydrogen) atoms. The van der Waals surface area contributed by atoms with E-state index in [1.165, 1.54) is 0 Å². The van der Waals surface area contributed by atoms with Gasteiger partial charge in [0.1, 0.15) is 0 Å². The highest BCUT2D eigenvalue weighted by Crippen LogP contribution is 2.21. The highest BCUT2D eigenvalue weighted by Gasteiger charge is 2.16. The first-order chi connectivity index (χ1) is 15.2. The Hall–Kier alpha value is -3.32. The molecule has 0 radical (unpaired) electrons. The Morgan fingerprint density at radius 2 is 1.72 bits per heavy atom. The van der Waals surface area contributed by atoms with Crippen LogP contribution in [-0.2, 0) is 16.0 Å². The van der Waals surface area contributed by atoms with Crippen molar-refractivity contribution >= 4 is 35.0 Å². The Morgan fingerprint density at radius 3 is 2.38 bits per heavy atom. The standard InChI is InChI=1S/C24H27ClN4O3/c1-15(2)14-32-24(31)27-20-7-5-6-19(12-20)26-23(30)13-22-16(3)28-29(17(22)4)21-10-8-18(25)9-11-21/h5-12,15H,13-14H2,1-4H3,(H,26,30)(H,27,31). The average Bonchev–Trinajstić information content (AvgIpc) is 3.01. The van der Waals surface area contributed by atoms with Crippen LogP contribution in [0.5, 0.6) is 0 Å². The average molecular weight is 455 g/mol. The minimum atomic E-state index is -0.525. The number of anilines is 2. The van der Waals surface area contributed by atoms with Crippen LogP contribution < -0.4 is 10.6 Å². The van der Waals surface area contributed by atoms with Crippen molar-refractivity contribution in [2.75, 3.05) is 17.2 Å². The van der Waals surface area contributed by atoms with Crippen molar-refractivity contribution in [3.05, 3.63) is 70.5 Å². The summed E-state index contributed by atoms with van der Waals surface area (Å²) in [7, 11) is 0. The molecule has 0 aliphatic heterocycles. The molecule has 0 spiro atoms. The maximum absolute atomic E-state index is 12.7. The molecule has 7 nitrogen and oxygen atoms in total. The number of hydrogen-bond donors (Lipinski definition) is 2. The van der Waals surface area contributed by atoms with Gasteiger partial charge in [0.25, 0.3) is 0 Å². The van der Waals surface area contributed by atoms with Gasteiger partial charge in [0.15, 0.2) is 0 Å². The molecule has 168 valence electrons. The third-order valence-corrected chi connectivity index (χ3v) is 5.04. The monoisotopic (exact) mass is 454 g/mol. The van der Waals surface area contributed by atoms with E-state index < -0.39 is 6.09 Å². The number of halogens is 1. The second-order valence-corrected chi connectivity index (χ2v) is 8.40. The molecule has 0 saturated heterocycles. The van der Waals surface area contributed by atoms with E-state index in [0.717, 1.165) is 22.6 Å². The number of carbonyl (C=O) groups excluding carboxylic acids is 2. The summed E-state index contributed by atoms with van der Waals surface area (Å²) >= 11 is 5.98. The van der Waals surface area contributed by atoms with E-state index in [4.69, 9.17) is 16.3 Å². The number of aromatic nitrogens is 2. The van der Waals surface area contributed by atoms with E-state index in [2.05, 4.69) is 15.7 Å². The van der Waals surface area contributed by atoms with E-state index in [9.17, 15) is 9.59 Å². The summed E-state index contributed by atoms with van der Waals surface area (Å²) in [4.78, 5) is 24.6. The number of hydrogen-bond acceptors (Lipinski definition) is 4. The van der Waals surface area contributed by atoms with Gasteiger partial charge in [-0.2, -0.15) is 5.10 Å². The Balaban J connectivity index is 1.66. The van der Waals surface area contributed by atoms with Crippen molar-refractivity contribution in [1.29, 1.82) is 0 Å². The van der Waals surface area contributed by atoms with Gasteiger partial charge in [-0.3, -0.25) is 10.1 Å². The van der Waals surface area contributed by atoms with Crippen LogP contribution >= 0.6 is 11.6 Å². The number of benzene rings is 2. The molecule has 2 aromatic carbocycles. The van der Waals surface area contributed by atoms with Crippen LogP contribution in [0.25, 0.3) is 5.69 Å². The lowest BCUT2D eigenvalue weighted by molar-refractivity contribution is -0.115. The van der Waals surface area contributed by atoms with Gasteiger partial charge in [0, 0.05) is 27.7 Å². The van der Waals surface area contributed by atoms with Crippen molar-refractivity contribution in [1.82, 2.24) is 9.78 Å². The number of rotatable bonds is 7. The van der Waals surface area contributed by atoms with Crippen LogP contribution in [0.3, 0.4) is 0 Å². The fourth-order valence-corrected chi connectivity index (χ4v) is 3.33. The first-order valence-electron chi connectivity index (χ1n) is 10.4. The molecule has 3 rings (SSSR count). The minimum absolute atomic E-state index is 0.175. The SMILES string of the molecule is Cc1nn(-c2ccc(Cl)cc2)c(C)c1CC(=O)Nc1cccc(NC(=O)OCC(C)C)c1. The van der Waals surface area contributed by atoms with Gasteiger partial charge in [-0.1, -0.05) is 31.5 Å². The van der Waals surface area contributed by atoms with Crippen molar-refractivity contribution in [2.24, 2.45) is 5.92 Å². The fourth-order valence-electron chi connectivity index (χ4n) is 3.20. The third-order valence-electron chi connectivity index (χ3n) is 4.79. The summed E-state index contributed by atoms with van der Waals surface area (Å²) in [6.45, 7) is 8.09. The molecular formula is C24H27ClN4O3. The zero-order valence-electron chi connectivity index (χ0n) is 18.6. The van der Waals surface area contributed by atoms with Gasteiger partial charge < -0.3 is 10.1 Å². The number of nitrogens with one attached hydrogen (secondary N) is 2. The van der Waals surface area contributed by atoms with Gasteiger partial charge in [0.05, 0.1) is 24.4 Å². The lowest BCUT2D eigenvalue weighted by atomic mass is 10.1. The van der Waals surface area contributed by atoms with Crippen molar-refractivity contribution in [3.63, 3.8) is 0 Å². The van der Waals surface area contributed by atoms with Crippen LogP contribution in [0, 0.1) is 19.8 Å². The summed E-state index contributed by atoms with van der Waals surface area (Å²) in [5, 5.41) is 10.8. The van der Waals surface area contributed by atoms with Crippen LogP contribution in [0.15, 0.2) is 48.5 Å². The number of carbonyl (C=O) groups is 2. The predicted molar refractivity (Wildman–Crippen MR) is 127 cm³/mol. The quantitative estimate of drug-likeness (QED) is 0.491. The van der Waals surface area contributed by atoms with Gasteiger partial charge in [-0.15, -0.1) is 0 Å². The van der Waals surface area contributed by atoms with Gasteiger partial charge in [-0.05, 0) is 62.2 Å². The number of ether oxygens (including phenoxy) is 1. The van der Waals surface area contributed by atoms with E-state index in [1.54, 1.807) is 36.4 Å². The largest absolute Gasteiger partial charge is 0.449 e. The van der Waals surface area contributed by atoms with E-state index in [0.29, 0.717) is 23.0 Å². The summed E-state index contributed by atoms with van der Waals surface area (Å²) < 4.78 is 6.93. The molecule has 0 aliphatic carbocycles. The summed E-state index contributed by atoms with van der Waals surface area (Å²) in [5.74, 6) is 0.0775. The highest BCUT2D eigenvalue weighted by atomic mass is 35.5. The maximum Gasteiger partial charge on any atom is 0.411 e. The zero-order valence-corrected chi connectivity index (χ0v) is 19.4. The van der Waals surface area contributed by atoms with Crippen molar-refractivity contribution in [3.8, 4) is 5.69 Å². The molecule has 0 saturated carbocycles. The summed E-state index contributed by atoms with van der Waals surface area (Å²) in [6, 6.07) is 14.3. The zero-order chi connectivity index (χ0) is 23.3. The molecule has 0 unspecified atom stereocenters. The Bertz CT molecular complexity index is 1110. The smallest absolute Gasteiger partial charge is 0.411 e. The van der Waals surface area contributed by atoms with Crippen LogP contribution in [0.1, 0.15) is 30.8 Å². The normalized spacial score (nSPS) is 10.8. The maximum atomic E-state index is 12.7. The van der Waals surface area contributed by atoms with Gasteiger partial charge in [0.2, 0.25) is 5.91 Å². The molecule has 3 aromatic rings. The molecule has 0 bridgehead atoms. The van der Waals surface area contributed by atoms with Crippen LogP contribution in [-0.4, -0.2) is 28.4 Å². The fraction of sp³-hybridized carbons (Fsp3) is 0.292. The van der Waals surface area contributed by atoms with Gasteiger partial charge >= 0.3 is 6.09 Å². The molecule has 0 aliphatic rings. The lowest BCUT2D eigenvalue weighted by Crippen LogP contribution is -2.17. The van der Waals surface area contributed by atoms with Crippen molar-refractivity contribution < 1.29 is 14.3 Å². The second-order valence-electron chi connectivity index (χ2n) is 7.96. The number of nitrogens with zero attached hydrogens (tertiary/aromatic N) is 2. The first-order valence-corrected chi connectivity index (χ1v) is 10.8. The highest BCUT2D eigenvalue weighted by molar-refractivity contribution is 6.30. The Kier molecular flexibility index (Phi) is 7.53. The minimum Gasteiger partial charge on any atom is -0.449 e. The molecule has 2 amide bonds. The molecule has 1 heterocycles. The second kappa shape index (κ2) is 10.3. The topological polar surface area (TPSA) is 85.3 Å². The molecule has 0 fully saturated rings. The molecular weight excluding hydrogens is 428 g/mol. The number of amides is 2. The Morgan fingerprint density at radius 1 is 1.06 bits per heavy atom. The summed E-state index contributed by atoms with van der Waals surface area (Å²) in [5.41, 5.74) is 4.55. The number of aryl methyl sites for hydroxylation is 1. The molecule has 0 atom stereocenters. The van der Waals surface area contributed by atoms with E-state index >= 15 is 0 Å². The molecule has 8 heteroatoms. The van der Waals surface area contributed by atoms with E-state index in [-0.39, 0.29) is 18.2 Å². The van der Waals surface area contributed by atoms with Gasteiger partial charge in [-0.25, -0.2) is 9.48 Å². The molecule has 2 N–H and O–H groups in total. The molecule has 1 aromatic heterocycles.